The van der Waals surface area contributed by atoms with Gasteiger partial charge in [0.15, 0.2) is 0 Å². The van der Waals surface area contributed by atoms with Crippen molar-refractivity contribution >= 4 is 27.3 Å². The molecule has 1 unspecified atom stereocenters. The molecular formula is C14H16BrFN2S. The summed E-state index contributed by atoms with van der Waals surface area (Å²) >= 11 is 5.22. The number of nitrogens with one attached hydrogen (secondary N) is 1. The maximum Gasteiger partial charge on any atom is 0.146 e. The minimum atomic E-state index is -0.246. The number of rotatable bonds is 6. The van der Waals surface area contributed by atoms with E-state index in [1.807, 2.05) is 11.4 Å². The highest BCUT2D eigenvalue weighted by molar-refractivity contribution is 9.10. The van der Waals surface area contributed by atoms with Crippen molar-refractivity contribution in [1.29, 1.82) is 0 Å². The van der Waals surface area contributed by atoms with Crippen LogP contribution in [0.25, 0.3) is 0 Å². The highest BCUT2D eigenvalue weighted by Gasteiger charge is 2.17. The standard InChI is InChI=1S/C14H16BrFN2S/c1-2-5-18-13(8-14-11(15)4-7-19-14)10-3-6-17-9-12(10)16/h3-4,6-7,9,13,18H,2,5,8H2,1H3. The Morgan fingerprint density at radius 1 is 1.47 bits per heavy atom. The van der Waals surface area contributed by atoms with Gasteiger partial charge in [0.1, 0.15) is 5.82 Å². The molecule has 0 aliphatic heterocycles. The maximum absolute atomic E-state index is 13.9. The van der Waals surface area contributed by atoms with Gasteiger partial charge in [-0.05, 0) is 46.4 Å². The van der Waals surface area contributed by atoms with Crippen molar-refractivity contribution in [3.8, 4) is 0 Å². The first kappa shape index (κ1) is 14.6. The molecule has 2 rings (SSSR count). The van der Waals surface area contributed by atoms with E-state index < -0.39 is 0 Å². The highest BCUT2D eigenvalue weighted by Crippen LogP contribution is 2.29. The monoisotopic (exact) mass is 342 g/mol. The summed E-state index contributed by atoms with van der Waals surface area (Å²) in [7, 11) is 0. The second kappa shape index (κ2) is 7.12. The van der Waals surface area contributed by atoms with Crippen LogP contribution in [0.3, 0.4) is 0 Å². The molecule has 1 atom stereocenters. The fourth-order valence-electron chi connectivity index (χ4n) is 1.94. The molecule has 0 aliphatic carbocycles. The minimum absolute atomic E-state index is 0.0158. The predicted octanol–water partition coefficient (Wildman–Crippen LogP) is 4.33. The van der Waals surface area contributed by atoms with Gasteiger partial charge in [-0.1, -0.05) is 6.92 Å². The summed E-state index contributed by atoms with van der Waals surface area (Å²) < 4.78 is 15.0. The van der Waals surface area contributed by atoms with E-state index in [1.54, 1.807) is 23.6 Å². The van der Waals surface area contributed by atoms with Crippen molar-refractivity contribution in [3.63, 3.8) is 0 Å². The van der Waals surface area contributed by atoms with Crippen LogP contribution < -0.4 is 5.32 Å². The summed E-state index contributed by atoms with van der Waals surface area (Å²) in [5.41, 5.74) is 0.684. The molecule has 0 aliphatic rings. The summed E-state index contributed by atoms with van der Waals surface area (Å²) in [5, 5.41) is 5.45. The molecule has 0 aromatic carbocycles. The molecule has 0 saturated heterocycles. The Balaban J connectivity index is 2.21. The van der Waals surface area contributed by atoms with Crippen molar-refractivity contribution in [2.24, 2.45) is 0 Å². The largest absolute Gasteiger partial charge is 0.310 e. The van der Waals surface area contributed by atoms with Gasteiger partial charge in [-0.15, -0.1) is 11.3 Å². The molecule has 2 aromatic heterocycles. The molecule has 0 saturated carbocycles. The Hall–Kier alpha value is -0.780. The summed E-state index contributed by atoms with van der Waals surface area (Å²) in [6.45, 7) is 2.98. The Labute approximate surface area is 125 Å². The Kier molecular flexibility index (Phi) is 5.48. The lowest BCUT2D eigenvalue weighted by molar-refractivity contribution is 0.496. The lowest BCUT2D eigenvalue weighted by atomic mass is 10.0. The van der Waals surface area contributed by atoms with Gasteiger partial charge < -0.3 is 5.32 Å². The van der Waals surface area contributed by atoms with Crippen molar-refractivity contribution in [2.45, 2.75) is 25.8 Å². The van der Waals surface area contributed by atoms with Crippen LogP contribution in [0.2, 0.25) is 0 Å². The number of hydrogen-bond acceptors (Lipinski definition) is 3. The molecule has 19 heavy (non-hydrogen) atoms. The second-order valence-electron chi connectivity index (χ2n) is 4.30. The lowest BCUT2D eigenvalue weighted by Gasteiger charge is -2.19. The van der Waals surface area contributed by atoms with Crippen LogP contribution in [-0.2, 0) is 6.42 Å². The van der Waals surface area contributed by atoms with Crippen molar-refractivity contribution in [2.75, 3.05) is 6.54 Å². The normalized spacial score (nSPS) is 12.6. The third-order valence-electron chi connectivity index (χ3n) is 2.90. The molecule has 0 fully saturated rings. The highest BCUT2D eigenvalue weighted by atomic mass is 79.9. The van der Waals surface area contributed by atoms with Gasteiger partial charge in [0.25, 0.3) is 0 Å². The first-order valence-corrected chi connectivity index (χ1v) is 7.94. The SMILES string of the molecule is CCCNC(Cc1sccc1Br)c1ccncc1F. The minimum Gasteiger partial charge on any atom is -0.310 e. The van der Waals surface area contributed by atoms with E-state index >= 15 is 0 Å². The van der Waals surface area contributed by atoms with Gasteiger partial charge in [0, 0.05) is 33.6 Å². The fraction of sp³-hybridized carbons (Fsp3) is 0.357. The summed E-state index contributed by atoms with van der Waals surface area (Å²) in [6, 6.07) is 3.77. The van der Waals surface area contributed by atoms with Gasteiger partial charge in [0.05, 0.1) is 6.20 Å². The van der Waals surface area contributed by atoms with Gasteiger partial charge in [0.2, 0.25) is 0 Å². The number of hydrogen-bond donors (Lipinski definition) is 1. The van der Waals surface area contributed by atoms with Crippen molar-refractivity contribution in [3.05, 3.63) is 50.6 Å². The van der Waals surface area contributed by atoms with Gasteiger partial charge in [-0.2, -0.15) is 0 Å². The molecule has 2 heterocycles. The Bertz CT molecular complexity index is 530. The molecule has 0 amide bonds. The quantitative estimate of drug-likeness (QED) is 0.845. The average molecular weight is 343 g/mol. The van der Waals surface area contributed by atoms with E-state index in [4.69, 9.17) is 0 Å². The first-order chi connectivity index (χ1) is 9.22. The van der Waals surface area contributed by atoms with E-state index in [-0.39, 0.29) is 11.9 Å². The molecular weight excluding hydrogens is 327 g/mol. The second-order valence-corrected chi connectivity index (χ2v) is 6.15. The van der Waals surface area contributed by atoms with E-state index in [2.05, 4.69) is 33.2 Å². The topological polar surface area (TPSA) is 24.9 Å². The maximum atomic E-state index is 13.9. The summed E-state index contributed by atoms with van der Waals surface area (Å²) in [6.07, 6.45) is 4.72. The number of pyridine rings is 1. The van der Waals surface area contributed by atoms with Crippen molar-refractivity contribution < 1.29 is 4.39 Å². The molecule has 102 valence electrons. The van der Waals surface area contributed by atoms with Crippen LogP contribution in [0.4, 0.5) is 4.39 Å². The Morgan fingerprint density at radius 3 is 2.95 bits per heavy atom. The summed E-state index contributed by atoms with van der Waals surface area (Å²) in [5.74, 6) is -0.246. The van der Waals surface area contributed by atoms with Gasteiger partial charge in [-0.25, -0.2) is 4.39 Å². The van der Waals surface area contributed by atoms with E-state index in [0.29, 0.717) is 5.56 Å². The van der Waals surface area contributed by atoms with E-state index in [1.165, 1.54) is 11.1 Å². The van der Waals surface area contributed by atoms with Crippen LogP contribution >= 0.6 is 27.3 Å². The van der Waals surface area contributed by atoms with Gasteiger partial charge >= 0.3 is 0 Å². The number of aromatic nitrogens is 1. The number of nitrogens with zero attached hydrogens (tertiary/aromatic N) is 1. The van der Waals surface area contributed by atoms with E-state index in [0.717, 1.165) is 23.9 Å². The zero-order chi connectivity index (χ0) is 13.7. The first-order valence-electron chi connectivity index (χ1n) is 6.27. The third-order valence-corrected chi connectivity index (χ3v) is 4.85. The smallest absolute Gasteiger partial charge is 0.146 e. The van der Waals surface area contributed by atoms with Crippen LogP contribution in [-0.4, -0.2) is 11.5 Å². The zero-order valence-electron chi connectivity index (χ0n) is 10.7. The molecule has 0 spiro atoms. The fourth-order valence-corrected chi connectivity index (χ4v) is 3.50. The lowest BCUT2D eigenvalue weighted by Crippen LogP contribution is -2.25. The Morgan fingerprint density at radius 2 is 2.32 bits per heavy atom. The van der Waals surface area contributed by atoms with Crippen LogP contribution in [0.5, 0.6) is 0 Å². The third kappa shape index (κ3) is 3.84. The zero-order valence-corrected chi connectivity index (χ0v) is 13.1. The van der Waals surface area contributed by atoms with Crippen LogP contribution in [0, 0.1) is 5.82 Å². The summed E-state index contributed by atoms with van der Waals surface area (Å²) in [4.78, 5) is 5.04. The van der Waals surface area contributed by atoms with E-state index in [9.17, 15) is 4.39 Å². The molecule has 2 aromatic rings. The molecule has 2 nitrogen and oxygen atoms in total. The van der Waals surface area contributed by atoms with Gasteiger partial charge in [-0.3, -0.25) is 4.98 Å². The molecule has 0 bridgehead atoms. The molecule has 5 heteroatoms. The molecule has 0 radical (unpaired) electrons. The average Bonchev–Trinajstić information content (AvgIpc) is 2.81. The van der Waals surface area contributed by atoms with Crippen LogP contribution in [0.15, 0.2) is 34.4 Å². The van der Waals surface area contributed by atoms with Crippen LogP contribution in [0.1, 0.15) is 29.8 Å². The molecule has 1 N–H and O–H groups in total. The number of thiophene rings is 1. The number of halogens is 2. The predicted molar refractivity (Wildman–Crippen MR) is 81.0 cm³/mol. The van der Waals surface area contributed by atoms with Crippen molar-refractivity contribution in [1.82, 2.24) is 10.3 Å².